The van der Waals surface area contributed by atoms with Crippen molar-refractivity contribution in [2.75, 3.05) is 11.9 Å². The SMILES string of the molecule is CC(C)(C)OC(=O)N1C2CCC1CC(COC(=O)Nc1ccccc1-c1cccc(Cl)c1)C2. The van der Waals surface area contributed by atoms with Crippen molar-refractivity contribution in [2.45, 2.75) is 64.1 Å². The lowest BCUT2D eigenvalue weighted by Gasteiger charge is -2.39. The van der Waals surface area contributed by atoms with Crippen molar-refractivity contribution in [3.63, 3.8) is 0 Å². The Labute approximate surface area is 200 Å². The molecule has 2 fully saturated rings. The lowest BCUT2D eigenvalue weighted by atomic mass is 9.92. The minimum atomic E-state index is -0.504. The largest absolute Gasteiger partial charge is 0.449 e. The number of hydrogen-bond donors (Lipinski definition) is 1. The summed E-state index contributed by atoms with van der Waals surface area (Å²) in [5.41, 5.74) is 1.96. The first-order valence-electron chi connectivity index (χ1n) is 11.5. The van der Waals surface area contributed by atoms with Gasteiger partial charge in [0, 0.05) is 22.7 Å². The summed E-state index contributed by atoms with van der Waals surface area (Å²) >= 11 is 6.13. The Hall–Kier alpha value is -2.73. The van der Waals surface area contributed by atoms with Gasteiger partial charge in [0.25, 0.3) is 0 Å². The molecule has 0 spiro atoms. The Balaban J connectivity index is 1.33. The second kappa shape index (κ2) is 9.64. The van der Waals surface area contributed by atoms with Crippen LogP contribution in [0.1, 0.15) is 46.5 Å². The molecule has 2 aliphatic heterocycles. The van der Waals surface area contributed by atoms with Gasteiger partial charge in [-0.1, -0.05) is 41.9 Å². The van der Waals surface area contributed by atoms with E-state index in [1.165, 1.54) is 0 Å². The number of piperidine rings is 1. The van der Waals surface area contributed by atoms with Crippen LogP contribution in [-0.4, -0.2) is 41.4 Å². The van der Waals surface area contributed by atoms with Crippen LogP contribution >= 0.6 is 11.6 Å². The number of nitrogens with one attached hydrogen (secondary N) is 1. The van der Waals surface area contributed by atoms with Crippen LogP contribution in [0, 0.1) is 5.92 Å². The van der Waals surface area contributed by atoms with E-state index in [4.69, 9.17) is 21.1 Å². The van der Waals surface area contributed by atoms with Gasteiger partial charge in [-0.05, 0) is 76.1 Å². The minimum absolute atomic E-state index is 0.152. The van der Waals surface area contributed by atoms with Crippen LogP contribution in [0.15, 0.2) is 48.5 Å². The number of anilines is 1. The normalized spacial score (nSPS) is 22.1. The molecule has 0 saturated carbocycles. The third kappa shape index (κ3) is 5.80. The molecule has 2 heterocycles. The number of nitrogens with zero attached hydrogens (tertiary/aromatic N) is 1. The van der Waals surface area contributed by atoms with Gasteiger partial charge in [0.15, 0.2) is 0 Å². The molecule has 1 N–H and O–H groups in total. The summed E-state index contributed by atoms with van der Waals surface area (Å²) in [6.07, 6.45) is 2.87. The van der Waals surface area contributed by atoms with Crippen LogP contribution in [0.3, 0.4) is 0 Å². The molecule has 33 heavy (non-hydrogen) atoms. The standard InChI is InChI=1S/C26H31ClN2O4/c1-26(2,3)33-25(31)29-20-11-12-21(29)14-17(13-20)16-32-24(30)28-23-10-5-4-9-22(23)18-7-6-8-19(27)15-18/h4-10,15,17,20-21H,11-14,16H2,1-3H3,(H,28,30). The first-order valence-corrected chi connectivity index (χ1v) is 11.9. The average molecular weight is 471 g/mol. The second-order valence-electron chi connectivity index (χ2n) is 9.89. The van der Waals surface area contributed by atoms with Crippen molar-refractivity contribution in [3.8, 4) is 11.1 Å². The number of carbonyl (C=O) groups excluding carboxylic acids is 2. The van der Waals surface area contributed by atoms with E-state index in [1.807, 2.05) is 74.2 Å². The smallest absolute Gasteiger partial charge is 0.411 e. The first kappa shape index (κ1) is 23.4. The Morgan fingerprint density at radius 3 is 2.42 bits per heavy atom. The van der Waals surface area contributed by atoms with E-state index in [2.05, 4.69) is 5.32 Å². The first-order chi connectivity index (χ1) is 15.7. The molecule has 2 amide bonds. The molecule has 7 heteroatoms. The van der Waals surface area contributed by atoms with Gasteiger partial charge in [0.1, 0.15) is 5.60 Å². The van der Waals surface area contributed by atoms with E-state index in [9.17, 15) is 9.59 Å². The predicted octanol–water partition coefficient (Wildman–Crippen LogP) is 6.73. The summed E-state index contributed by atoms with van der Waals surface area (Å²) in [6, 6.07) is 15.4. The molecule has 4 rings (SSSR count). The third-order valence-corrected chi connectivity index (χ3v) is 6.42. The van der Waals surface area contributed by atoms with E-state index in [0.717, 1.165) is 36.8 Å². The topological polar surface area (TPSA) is 67.9 Å². The fraction of sp³-hybridized carbons (Fsp3) is 0.462. The van der Waals surface area contributed by atoms with E-state index in [1.54, 1.807) is 0 Å². The van der Waals surface area contributed by atoms with Gasteiger partial charge in [0.05, 0.1) is 12.3 Å². The molecule has 6 nitrogen and oxygen atoms in total. The van der Waals surface area contributed by atoms with Gasteiger partial charge in [-0.25, -0.2) is 9.59 Å². The van der Waals surface area contributed by atoms with E-state index in [-0.39, 0.29) is 24.1 Å². The van der Waals surface area contributed by atoms with Crippen LogP contribution in [0.5, 0.6) is 0 Å². The van der Waals surface area contributed by atoms with Gasteiger partial charge in [-0.2, -0.15) is 0 Å². The molecule has 2 atom stereocenters. The maximum atomic E-state index is 12.6. The average Bonchev–Trinajstić information content (AvgIpc) is 3.02. The van der Waals surface area contributed by atoms with Crippen LogP contribution < -0.4 is 5.32 Å². The zero-order valence-corrected chi connectivity index (χ0v) is 20.1. The van der Waals surface area contributed by atoms with Gasteiger partial charge in [0.2, 0.25) is 0 Å². The second-order valence-corrected chi connectivity index (χ2v) is 10.3. The van der Waals surface area contributed by atoms with Crippen molar-refractivity contribution < 1.29 is 19.1 Å². The van der Waals surface area contributed by atoms with E-state index in [0.29, 0.717) is 17.3 Å². The van der Waals surface area contributed by atoms with Crippen molar-refractivity contribution in [1.29, 1.82) is 0 Å². The Bertz CT molecular complexity index is 1010. The van der Waals surface area contributed by atoms with Crippen molar-refractivity contribution in [3.05, 3.63) is 53.6 Å². The molecule has 2 aromatic carbocycles. The molecule has 2 aliphatic rings. The van der Waals surface area contributed by atoms with Crippen molar-refractivity contribution in [2.24, 2.45) is 5.92 Å². The molecule has 0 aliphatic carbocycles. The fourth-order valence-corrected chi connectivity index (χ4v) is 5.07. The molecular weight excluding hydrogens is 440 g/mol. The third-order valence-electron chi connectivity index (χ3n) is 6.18. The summed E-state index contributed by atoms with van der Waals surface area (Å²) in [5.74, 6) is 0.232. The number of para-hydroxylation sites is 1. The molecule has 2 aromatic rings. The maximum Gasteiger partial charge on any atom is 0.411 e. The lowest BCUT2D eigenvalue weighted by Crippen LogP contribution is -2.49. The highest BCUT2D eigenvalue weighted by Gasteiger charge is 2.45. The highest BCUT2D eigenvalue weighted by atomic mass is 35.5. The number of amides is 2. The zero-order chi connectivity index (χ0) is 23.6. The molecule has 0 aromatic heterocycles. The lowest BCUT2D eigenvalue weighted by molar-refractivity contribution is -0.00262. The summed E-state index contributed by atoms with van der Waals surface area (Å²) in [5, 5.41) is 3.51. The van der Waals surface area contributed by atoms with Crippen LogP contribution in [0.25, 0.3) is 11.1 Å². The van der Waals surface area contributed by atoms with Crippen LogP contribution in [0.4, 0.5) is 15.3 Å². The summed E-state index contributed by atoms with van der Waals surface area (Å²) in [4.78, 5) is 27.1. The quantitative estimate of drug-likeness (QED) is 0.537. The number of rotatable bonds is 4. The Kier molecular flexibility index (Phi) is 6.84. The number of halogens is 1. The molecule has 2 unspecified atom stereocenters. The monoisotopic (exact) mass is 470 g/mol. The van der Waals surface area contributed by atoms with Gasteiger partial charge in [-0.15, -0.1) is 0 Å². The minimum Gasteiger partial charge on any atom is -0.449 e. The van der Waals surface area contributed by atoms with Gasteiger partial charge < -0.3 is 14.4 Å². The molecule has 0 radical (unpaired) electrons. The fourth-order valence-electron chi connectivity index (χ4n) is 4.88. The summed E-state index contributed by atoms with van der Waals surface area (Å²) in [7, 11) is 0. The van der Waals surface area contributed by atoms with Crippen LogP contribution in [-0.2, 0) is 9.47 Å². The zero-order valence-electron chi connectivity index (χ0n) is 19.3. The Morgan fingerprint density at radius 2 is 1.76 bits per heavy atom. The van der Waals surface area contributed by atoms with E-state index >= 15 is 0 Å². The summed E-state index contributed by atoms with van der Waals surface area (Å²) in [6.45, 7) is 5.99. The number of carbonyl (C=O) groups is 2. The van der Waals surface area contributed by atoms with Crippen LogP contribution in [0.2, 0.25) is 5.02 Å². The van der Waals surface area contributed by atoms with Gasteiger partial charge in [-0.3, -0.25) is 5.32 Å². The Morgan fingerprint density at radius 1 is 1.06 bits per heavy atom. The predicted molar refractivity (Wildman–Crippen MR) is 129 cm³/mol. The molecule has 176 valence electrons. The van der Waals surface area contributed by atoms with Crippen molar-refractivity contribution in [1.82, 2.24) is 4.90 Å². The molecular formula is C26H31ClN2O4. The molecule has 2 bridgehead atoms. The number of hydrogen-bond acceptors (Lipinski definition) is 4. The van der Waals surface area contributed by atoms with Crippen molar-refractivity contribution >= 4 is 29.5 Å². The molecule has 2 saturated heterocycles. The highest BCUT2D eigenvalue weighted by molar-refractivity contribution is 6.30. The van der Waals surface area contributed by atoms with Gasteiger partial charge >= 0.3 is 12.2 Å². The summed E-state index contributed by atoms with van der Waals surface area (Å²) < 4.78 is 11.2. The number of ether oxygens (including phenoxy) is 2. The number of fused-ring (bicyclic) bond motifs is 2. The van der Waals surface area contributed by atoms with E-state index < -0.39 is 11.7 Å². The highest BCUT2D eigenvalue weighted by Crippen LogP contribution is 2.39. The number of benzene rings is 2. The maximum absolute atomic E-state index is 12.6.